The van der Waals surface area contributed by atoms with E-state index in [1.165, 1.54) is 32.1 Å². The van der Waals surface area contributed by atoms with Crippen molar-refractivity contribution in [2.75, 3.05) is 26.4 Å². The van der Waals surface area contributed by atoms with Crippen LogP contribution in [0.2, 0.25) is 0 Å². The minimum Gasteiger partial charge on any atom is -0.457 e. The molecule has 1 aliphatic rings. The molecule has 0 aromatic heterocycles. The molecule has 0 amide bonds. The van der Waals surface area contributed by atoms with Crippen molar-refractivity contribution in [3.63, 3.8) is 0 Å². The number of rotatable bonds is 40. The van der Waals surface area contributed by atoms with E-state index in [9.17, 15) is 25.2 Å². The average Bonchev–Trinajstić information content (AvgIpc) is 3.27. The third-order valence-electron chi connectivity index (χ3n) is 10.5. The van der Waals surface area contributed by atoms with Gasteiger partial charge in [-0.1, -0.05) is 169 Å². The molecule has 1 saturated heterocycles. The average molecular weight is 869 g/mol. The van der Waals surface area contributed by atoms with Crippen molar-refractivity contribution in [3.8, 4) is 0 Å². The Balaban J connectivity index is 2.25. The number of aliphatic hydroxyl groups excluding tert-OH is 4. The zero-order valence-electron chi connectivity index (χ0n) is 38.8. The molecular weight excluding hydrogens is 781 g/mol. The van der Waals surface area contributed by atoms with Crippen LogP contribution in [-0.4, -0.2) is 89.6 Å². The van der Waals surface area contributed by atoms with Gasteiger partial charge < -0.3 is 39.4 Å². The van der Waals surface area contributed by atoms with Crippen LogP contribution in [0.1, 0.15) is 168 Å². The summed E-state index contributed by atoms with van der Waals surface area (Å²) in [5.41, 5.74) is 0. The molecular formula is C53H88O9. The van der Waals surface area contributed by atoms with Crippen molar-refractivity contribution < 1.29 is 44.2 Å². The van der Waals surface area contributed by atoms with E-state index in [-0.39, 0.29) is 19.2 Å². The summed E-state index contributed by atoms with van der Waals surface area (Å²) in [4.78, 5) is 12.8. The zero-order chi connectivity index (χ0) is 45.0. The second kappa shape index (κ2) is 43.4. The summed E-state index contributed by atoms with van der Waals surface area (Å²) >= 11 is 0. The fourth-order valence-corrected chi connectivity index (χ4v) is 6.71. The second-order valence-corrected chi connectivity index (χ2v) is 16.2. The molecule has 0 radical (unpaired) electrons. The number of hydrogen-bond acceptors (Lipinski definition) is 9. The normalized spacial score (nSPS) is 20.6. The van der Waals surface area contributed by atoms with Gasteiger partial charge in [-0.05, 0) is 89.9 Å². The molecule has 0 aliphatic carbocycles. The third kappa shape index (κ3) is 33.6. The number of carbonyl (C=O) groups is 1. The molecule has 62 heavy (non-hydrogen) atoms. The molecule has 0 aromatic carbocycles. The lowest BCUT2D eigenvalue weighted by Gasteiger charge is -2.39. The number of unbranched alkanes of at least 4 members (excludes halogenated alkanes) is 13. The third-order valence-corrected chi connectivity index (χ3v) is 10.5. The molecule has 6 unspecified atom stereocenters. The Kier molecular flexibility index (Phi) is 40.0. The van der Waals surface area contributed by atoms with Gasteiger partial charge in [0.1, 0.15) is 30.5 Å². The van der Waals surface area contributed by atoms with Crippen LogP contribution in [-0.2, 0) is 23.7 Å². The van der Waals surface area contributed by atoms with Crippen LogP contribution in [0.25, 0.3) is 0 Å². The van der Waals surface area contributed by atoms with Crippen LogP contribution in [0.5, 0.6) is 0 Å². The standard InChI is InChI=1S/C53H88O9/c1-3-5-7-9-11-13-15-17-19-20-21-22-23-24-25-26-27-28-29-30-32-34-36-38-40-42-49(55)61-47(46-60-53-52(58)51(57)50(56)48(44-54)62-53)45-59-43-41-39-37-35-33-31-18-16-14-12-10-8-6-4-2/h5,7-8,10-11,13-14,16-17,19,21-22,24-25,27-28,47-48,50-54,56-58H,3-4,6,9,12,15,18,20,23,26,29-46H2,1-2H3/b7-5-,10-8-,13-11-,16-14-,19-17-,22-21-,25-24-,28-27-. The number of ether oxygens (including phenoxy) is 4. The first-order valence-electron chi connectivity index (χ1n) is 24.3. The summed E-state index contributed by atoms with van der Waals surface area (Å²) in [5.74, 6) is -0.337. The summed E-state index contributed by atoms with van der Waals surface area (Å²) in [6.07, 6.45) is 52.9. The van der Waals surface area contributed by atoms with Gasteiger partial charge in [0, 0.05) is 13.0 Å². The maximum atomic E-state index is 12.8. The zero-order valence-corrected chi connectivity index (χ0v) is 38.8. The first-order chi connectivity index (χ1) is 30.4. The van der Waals surface area contributed by atoms with Crippen molar-refractivity contribution >= 4 is 5.97 Å². The molecule has 0 bridgehead atoms. The van der Waals surface area contributed by atoms with Gasteiger partial charge in [0.2, 0.25) is 0 Å². The van der Waals surface area contributed by atoms with E-state index in [1.54, 1.807) is 0 Å². The number of esters is 1. The van der Waals surface area contributed by atoms with Crippen molar-refractivity contribution in [2.45, 2.75) is 205 Å². The lowest BCUT2D eigenvalue weighted by atomic mass is 9.99. The Morgan fingerprint density at radius 2 is 0.984 bits per heavy atom. The highest BCUT2D eigenvalue weighted by Gasteiger charge is 2.44. The molecule has 1 heterocycles. The van der Waals surface area contributed by atoms with Gasteiger partial charge in [0.15, 0.2) is 6.29 Å². The first kappa shape index (κ1) is 57.1. The Morgan fingerprint density at radius 3 is 1.48 bits per heavy atom. The number of carbonyl (C=O) groups excluding carboxylic acids is 1. The molecule has 4 N–H and O–H groups in total. The molecule has 1 fully saturated rings. The Hall–Kier alpha value is -2.89. The van der Waals surface area contributed by atoms with Crippen LogP contribution in [0.3, 0.4) is 0 Å². The highest BCUT2D eigenvalue weighted by atomic mass is 16.7. The predicted octanol–water partition coefficient (Wildman–Crippen LogP) is 11.6. The Morgan fingerprint density at radius 1 is 0.532 bits per heavy atom. The Bertz CT molecular complexity index is 1260. The summed E-state index contributed by atoms with van der Waals surface area (Å²) in [6.45, 7) is 4.32. The molecule has 9 heteroatoms. The van der Waals surface area contributed by atoms with Crippen LogP contribution in [0, 0.1) is 0 Å². The second-order valence-electron chi connectivity index (χ2n) is 16.2. The van der Waals surface area contributed by atoms with E-state index >= 15 is 0 Å². The topological polar surface area (TPSA) is 135 Å². The van der Waals surface area contributed by atoms with Gasteiger partial charge in [0.25, 0.3) is 0 Å². The number of allylic oxidation sites excluding steroid dienone is 16. The molecule has 0 spiro atoms. The molecule has 6 atom stereocenters. The highest BCUT2D eigenvalue weighted by Crippen LogP contribution is 2.22. The molecule has 0 saturated carbocycles. The maximum Gasteiger partial charge on any atom is 0.306 e. The van der Waals surface area contributed by atoms with Crippen LogP contribution in [0.4, 0.5) is 0 Å². The van der Waals surface area contributed by atoms with E-state index in [1.807, 2.05) is 0 Å². The summed E-state index contributed by atoms with van der Waals surface area (Å²) < 4.78 is 22.8. The molecule has 9 nitrogen and oxygen atoms in total. The van der Waals surface area contributed by atoms with Crippen molar-refractivity contribution in [3.05, 3.63) is 97.2 Å². The van der Waals surface area contributed by atoms with Crippen LogP contribution in [0.15, 0.2) is 97.2 Å². The number of aliphatic hydroxyl groups is 4. The van der Waals surface area contributed by atoms with Crippen molar-refractivity contribution in [2.24, 2.45) is 0 Å². The van der Waals surface area contributed by atoms with Crippen molar-refractivity contribution in [1.82, 2.24) is 0 Å². The lowest BCUT2D eigenvalue weighted by Crippen LogP contribution is -2.59. The van der Waals surface area contributed by atoms with E-state index in [4.69, 9.17) is 18.9 Å². The van der Waals surface area contributed by atoms with Gasteiger partial charge >= 0.3 is 5.97 Å². The highest BCUT2D eigenvalue weighted by molar-refractivity contribution is 5.69. The SMILES string of the molecule is CC/C=C\C/C=C\C/C=C\C/C=C\C/C=C\C/C=C\CCCCCCCCC(=O)OC(COCCCCCCCC/C=C\C/C=C\CCC)COC1OC(CO)C(O)C(O)C1O. The smallest absolute Gasteiger partial charge is 0.306 e. The molecule has 1 aliphatic heterocycles. The van der Waals surface area contributed by atoms with E-state index in [0.29, 0.717) is 13.0 Å². The molecule has 354 valence electrons. The fraction of sp³-hybridized carbons (Fsp3) is 0.679. The van der Waals surface area contributed by atoms with Crippen LogP contribution >= 0.6 is 0 Å². The van der Waals surface area contributed by atoms with E-state index in [0.717, 1.165) is 116 Å². The van der Waals surface area contributed by atoms with Gasteiger partial charge in [-0.15, -0.1) is 0 Å². The summed E-state index contributed by atoms with van der Waals surface area (Å²) in [6, 6.07) is 0. The number of hydrogen-bond donors (Lipinski definition) is 4. The monoisotopic (exact) mass is 869 g/mol. The maximum absolute atomic E-state index is 12.8. The Labute approximate surface area is 377 Å². The quantitative estimate of drug-likeness (QED) is 0.0270. The largest absolute Gasteiger partial charge is 0.457 e. The van der Waals surface area contributed by atoms with E-state index in [2.05, 4.69) is 111 Å². The van der Waals surface area contributed by atoms with Crippen LogP contribution < -0.4 is 0 Å². The minimum absolute atomic E-state index is 0.125. The van der Waals surface area contributed by atoms with E-state index < -0.39 is 43.4 Å². The van der Waals surface area contributed by atoms with Gasteiger partial charge in [-0.25, -0.2) is 0 Å². The lowest BCUT2D eigenvalue weighted by molar-refractivity contribution is -0.305. The summed E-state index contributed by atoms with van der Waals surface area (Å²) in [7, 11) is 0. The van der Waals surface area contributed by atoms with Gasteiger partial charge in [-0.2, -0.15) is 0 Å². The fourth-order valence-electron chi connectivity index (χ4n) is 6.71. The molecule has 1 rings (SSSR count). The first-order valence-corrected chi connectivity index (χ1v) is 24.3. The molecule has 0 aromatic rings. The van der Waals surface area contributed by atoms with Gasteiger partial charge in [-0.3, -0.25) is 4.79 Å². The predicted molar refractivity (Wildman–Crippen MR) is 256 cm³/mol. The van der Waals surface area contributed by atoms with Gasteiger partial charge in [0.05, 0.1) is 19.8 Å². The van der Waals surface area contributed by atoms with Crippen molar-refractivity contribution in [1.29, 1.82) is 0 Å². The summed E-state index contributed by atoms with van der Waals surface area (Å²) in [5, 5.41) is 40.2. The minimum atomic E-state index is -1.55.